The lowest BCUT2D eigenvalue weighted by atomic mass is 9.95. The number of anilines is 2. The van der Waals surface area contributed by atoms with Crippen LogP contribution in [0, 0.1) is 5.82 Å². The minimum Gasteiger partial charge on any atom is -0.387 e. The first kappa shape index (κ1) is 20.7. The number of hydrogen-bond donors (Lipinski definition) is 5. The third-order valence-electron chi connectivity index (χ3n) is 5.65. The van der Waals surface area contributed by atoms with E-state index in [4.69, 9.17) is 5.11 Å². The molecule has 2 aliphatic rings. The van der Waals surface area contributed by atoms with Gasteiger partial charge in [-0.05, 0) is 23.8 Å². The summed E-state index contributed by atoms with van der Waals surface area (Å²) in [5.74, 6) is -2.14. The lowest BCUT2D eigenvalue weighted by Gasteiger charge is -2.13. The van der Waals surface area contributed by atoms with E-state index in [-0.39, 0.29) is 17.2 Å². The monoisotopic (exact) mass is 446 g/mol. The minimum absolute atomic E-state index is 0.147. The lowest BCUT2D eigenvalue weighted by molar-refractivity contribution is -0.118. The molecular weight excluding hydrogens is 427 g/mol. The number of carbonyl (C=O) groups is 3. The SMILES string of the molecule is O=C(CO)Nc1cc2c(cc1F)/C(=C\c1[nH]c3c(c1-c1ccccc1)C(=O)NCC3)C(=O)N2. The highest BCUT2D eigenvalue weighted by atomic mass is 19.1. The molecule has 166 valence electrons. The molecule has 0 saturated carbocycles. The van der Waals surface area contributed by atoms with E-state index in [0.29, 0.717) is 41.0 Å². The number of aromatic amines is 1. The summed E-state index contributed by atoms with van der Waals surface area (Å²) >= 11 is 0. The molecule has 2 aromatic carbocycles. The molecule has 0 aliphatic carbocycles. The second-order valence-corrected chi connectivity index (χ2v) is 7.74. The smallest absolute Gasteiger partial charge is 0.256 e. The van der Waals surface area contributed by atoms with Crippen LogP contribution in [-0.2, 0) is 16.0 Å². The number of halogens is 1. The second kappa shape index (κ2) is 8.03. The highest BCUT2D eigenvalue weighted by molar-refractivity contribution is 6.35. The summed E-state index contributed by atoms with van der Waals surface area (Å²) in [6.45, 7) is -0.283. The average Bonchev–Trinajstić information content (AvgIpc) is 3.33. The van der Waals surface area contributed by atoms with Gasteiger partial charge >= 0.3 is 0 Å². The number of amides is 3. The number of H-pyrrole nitrogens is 1. The van der Waals surface area contributed by atoms with Gasteiger partial charge in [0.15, 0.2) is 0 Å². The molecule has 0 fully saturated rings. The number of aliphatic hydroxyl groups excluding tert-OH is 1. The quantitative estimate of drug-likeness (QED) is 0.395. The fourth-order valence-electron chi connectivity index (χ4n) is 4.20. The summed E-state index contributed by atoms with van der Waals surface area (Å²) in [7, 11) is 0. The van der Waals surface area contributed by atoms with Crippen molar-refractivity contribution >= 4 is 40.7 Å². The fourth-order valence-corrected chi connectivity index (χ4v) is 4.20. The normalized spacial score (nSPS) is 15.6. The summed E-state index contributed by atoms with van der Waals surface area (Å²) in [6, 6.07) is 11.8. The Balaban J connectivity index is 1.64. The van der Waals surface area contributed by atoms with Gasteiger partial charge in [-0.25, -0.2) is 4.39 Å². The van der Waals surface area contributed by atoms with Crippen molar-refractivity contribution in [2.75, 3.05) is 23.8 Å². The van der Waals surface area contributed by atoms with Crippen LogP contribution < -0.4 is 16.0 Å². The van der Waals surface area contributed by atoms with Gasteiger partial charge in [-0.1, -0.05) is 30.3 Å². The summed E-state index contributed by atoms with van der Waals surface area (Å²) in [5, 5.41) is 16.7. The second-order valence-electron chi connectivity index (χ2n) is 7.74. The highest BCUT2D eigenvalue weighted by Crippen LogP contribution is 2.39. The standard InChI is InChI=1S/C24H19FN4O4/c25-15-8-13-14(23(32)29-17(13)10-18(15)28-20(31)11-30)9-19-21(12-4-2-1-3-5-12)22-16(27-19)6-7-26-24(22)33/h1-5,8-10,27,30H,6-7,11H2,(H,26,33)(H,28,31)(H,29,32)/b14-9+. The van der Waals surface area contributed by atoms with Crippen molar-refractivity contribution in [1.82, 2.24) is 10.3 Å². The van der Waals surface area contributed by atoms with E-state index >= 15 is 0 Å². The molecule has 3 heterocycles. The largest absolute Gasteiger partial charge is 0.387 e. The van der Waals surface area contributed by atoms with Gasteiger partial charge in [-0.3, -0.25) is 14.4 Å². The van der Waals surface area contributed by atoms with Crippen LogP contribution in [0.2, 0.25) is 0 Å². The predicted octanol–water partition coefficient (Wildman–Crippen LogP) is 2.53. The molecule has 0 radical (unpaired) electrons. The Hall–Kier alpha value is -4.24. The molecule has 3 aromatic rings. The molecule has 0 bridgehead atoms. The maximum absolute atomic E-state index is 14.6. The van der Waals surface area contributed by atoms with Gasteiger partial charge < -0.3 is 26.0 Å². The van der Waals surface area contributed by atoms with Crippen LogP contribution in [0.25, 0.3) is 22.8 Å². The van der Waals surface area contributed by atoms with Crippen LogP contribution in [-0.4, -0.2) is 41.0 Å². The zero-order valence-corrected chi connectivity index (χ0v) is 17.3. The highest BCUT2D eigenvalue weighted by Gasteiger charge is 2.30. The topological polar surface area (TPSA) is 123 Å². The number of nitrogens with one attached hydrogen (secondary N) is 4. The number of hydrogen-bond acceptors (Lipinski definition) is 4. The number of aromatic nitrogens is 1. The molecule has 2 aliphatic heterocycles. The Kier molecular flexibility index (Phi) is 5.02. The van der Waals surface area contributed by atoms with Gasteiger partial charge in [-0.2, -0.15) is 0 Å². The summed E-state index contributed by atoms with van der Waals surface area (Å²) in [5.41, 5.74) is 4.09. The Bertz CT molecular complexity index is 1340. The molecule has 33 heavy (non-hydrogen) atoms. The number of aliphatic hydroxyl groups is 1. The molecule has 0 saturated heterocycles. The van der Waals surface area contributed by atoms with Gasteiger partial charge in [0.05, 0.1) is 22.5 Å². The molecule has 0 unspecified atom stereocenters. The molecule has 0 atom stereocenters. The van der Waals surface area contributed by atoms with E-state index in [0.717, 1.165) is 17.3 Å². The Morgan fingerprint density at radius 1 is 1.12 bits per heavy atom. The first-order valence-corrected chi connectivity index (χ1v) is 10.3. The number of rotatable bonds is 4. The predicted molar refractivity (Wildman–Crippen MR) is 121 cm³/mol. The molecule has 9 heteroatoms. The van der Waals surface area contributed by atoms with E-state index in [1.807, 2.05) is 30.3 Å². The van der Waals surface area contributed by atoms with Crippen LogP contribution in [0.3, 0.4) is 0 Å². The molecule has 3 amide bonds. The van der Waals surface area contributed by atoms with Crippen LogP contribution in [0.5, 0.6) is 0 Å². The van der Waals surface area contributed by atoms with Crippen LogP contribution in [0.1, 0.15) is 27.3 Å². The van der Waals surface area contributed by atoms with Crippen molar-refractivity contribution in [3.05, 3.63) is 70.8 Å². The van der Waals surface area contributed by atoms with E-state index in [1.54, 1.807) is 6.08 Å². The van der Waals surface area contributed by atoms with Crippen LogP contribution >= 0.6 is 0 Å². The third kappa shape index (κ3) is 3.58. The van der Waals surface area contributed by atoms with E-state index < -0.39 is 24.2 Å². The zero-order valence-electron chi connectivity index (χ0n) is 17.3. The van der Waals surface area contributed by atoms with Crippen molar-refractivity contribution in [1.29, 1.82) is 0 Å². The molecule has 5 N–H and O–H groups in total. The number of benzene rings is 2. The molecule has 1 aromatic heterocycles. The maximum Gasteiger partial charge on any atom is 0.256 e. The Morgan fingerprint density at radius 2 is 1.91 bits per heavy atom. The summed E-state index contributed by atoms with van der Waals surface area (Å²) < 4.78 is 14.6. The summed E-state index contributed by atoms with van der Waals surface area (Å²) in [6.07, 6.45) is 2.23. The Morgan fingerprint density at radius 3 is 2.67 bits per heavy atom. The third-order valence-corrected chi connectivity index (χ3v) is 5.65. The van der Waals surface area contributed by atoms with Gasteiger partial charge in [0.2, 0.25) is 5.91 Å². The molecule has 5 rings (SSSR count). The van der Waals surface area contributed by atoms with Crippen molar-refractivity contribution in [3.8, 4) is 11.1 Å². The van der Waals surface area contributed by atoms with E-state index in [2.05, 4.69) is 20.9 Å². The fraction of sp³-hybridized carbons (Fsp3) is 0.125. The van der Waals surface area contributed by atoms with Gasteiger partial charge in [0.25, 0.3) is 11.8 Å². The zero-order chi connectivity index (χ0) is 23.1. The Labute approximate surface area is 187 Å². The number of carbonyl (C=O) groups excluding carboxylic acids is 3. The summed E-state index contributed by atoms with van der Waals surface area (Å²) in [4.78, 5) is 40.1. The minimum atomic E-state index is -0.790. The van der Waals surface area contributed by atoms with Gasteiger partial charge in [0, 0.05) is 35.5 Å². The van der Waals surface area contributed by atoms with Crippen molar-refractivity contribution in [2.45, 2.75) is 6.42 Å². The van der Waals surface area contributed by atoms with Crippen molar-refractivity contribution in [3.63, 3.8) is 0 Å². The van der Waals surface area contributed by atoms with Gasteiger partial charge in [-0.15, -0.1) is 0 Å². The maximum atomic E-state index is 14.6. The molecular formula is C24H19FN4O4. The van der Waals surface area contributed by atoms with Crippen LogP contribution in [0.15, 0.2) is 42.5 Å². The van der Waals surface area contributed by atoms with Crippen molar-refractivity contribution < 1.29 is 23.9 Å². The van der Waals surface area contributed by atoms with E-state index in [9.17, 15) is 18.8 Å². The first-order valence-electron chi connectivity index (χ1n) is 10.3. The molecule has 8 nitrogen and oxygen atoms in total. The molecule has 0 spiro atoms. The number of fused-ring (bicyclic) bond motifs is 2. The van der Waals surface area contributed by atoms with Crippen molar-refractivity contribution in [2.24, 2.45) is 0 Å². The van der Waals surface area contributed by atoms with Gasteiger partial charge in [0.1, 0.15) is 12.4 Å². The average molecular weight is 446 g/mol. The lowest BCUT2D eigenvalue weighted by Crippen LogP contribution is -2.31. The first-order chi connectivity index (χ1) is 16.0. The van der Waals surface area contributed by atoms with E-state index in [1.165, 1.54) is 6.07 Å². The van der Waals surface area contributed by atoms with Crippen LogP contribution in [0.4, 0.5) is 15.8 Å².